The van der Waals surface area contributed by atoms with E-state index in [4.69, 9.17) is 0 Å². The van der Waals surface area contributed by atoms with E-state index in [1.54, 1.807) is 23.0 Å². The zero-order valence-corrected chi connectivity index (χ0v) is 16.3. The second-order valence-corrected chi connectivity index (χ2v) is 7.30. The van der Waals surface area contributed by atoms with E-state index in [-0.39, 0.29) is 24.6 Å². The Labute approximate surface area is 171 Å². The number of hydrogen-bond acceptors (Lipinski definition) is 3. The summed E-state index contributed by atoms with van der Waals surface area (Å²) in [6.07, 6.45) is 3.48. The Kier molecular flexibility index (Phi) is 4.31. The van der Waals surface area contributed by atoms with Crippen LogP contribution in [0.4, 0.5) is 8.78 Å². The van der Waals surface area contributed by atoms with Crippen molar-refractivity contribution in [1.82, 2.24) is 19.7 Å². The maximum atomic E-state index is 15.0. The van der Waals surface area contributed by atoms with Gasteiger partial charge in [-0.1, -0.05) is 12.1 Å². The monoisotopic (exact) mass is 404 g/mol. The zero-order chi connectivity index (χ0) is 20.8. The van der Waals surface area contributed by atoms with Gasteiger partial charge in [-0.05, 0) is 48.4 Å². The molecule has 2 aromatic carbocycles. The van der Waals surface area contributed by atoms with Gasteiger partial charge in [0.05, 0.1) is 29.9 Å². The molecule has 0 N–H and O–H groups in total. The smallest absolute Gasteiger partial charge is 0.256 e. The molecule has 0 unspecified atom stereocenters. The molecule has 7 heteroatoms. The average molecular weight is 404 g/mol. The third-order valence-corrected chi connectivity index (χ3v) is 5.47. The van der Waals surface area contributed by atoms with Gasteiger partial charge in [-0.15, -0.1) is 0 Å². The number of carbonyl (C=O) groups excluding carboxylic acids is 1. The minimum atomic E-state index is -0.679. The summed E-state index contributed by atoms with van der Waals surface area (Å²) in [5, 5.41) is 5.29. The molecule has 1 aliphatic rings. The summed E-state index contributed by atoms with van der Waals surface area (Å²) in [5.41, 5.74) is 2.90. The van der Waals surface area contributed by atoms with E-state index < -0.39 is 11.6 Å². The molecule has 5 nitrogen and oxygen atoms in total. The van der Waals surface area contributed by atoms with Crippen molar-refractivity contribution in [1.29, 1.82) is 0 Å². The molecule has 150 valence electrons. The number of amides is 1. The van der Waals surface area contributed by atoms with Crippen LogP contribution >= 0.6 is 0 Å². The maximum absolute atomic E-state index is 15.0. The van der Waals surface area contributed by atoms with Crippen LogP contribution in [0.1, 0.15) is 28.5 Å². The Balaban J connectivity index is 1.50. The number of rotatable bonds is 4. The summed E-state index contributed by atoms with van der Waals surface area (Å²) >= 11 is 0. The second-order valence-electron chi connectivity index (χ2n) is 7.30. The van der Waals surface area contributed by atoms with E-state index in [0.29, 0.717) is 28.9 Å². The van der Waals surface area contributed by atoms with Crippen molar-refractivity contribution in [2.24, 2.45) is 0 Å². The first-order chi connectivity index (χ1) is 14.5. The van der Waals surface area contributed by atoms with E-state index in [1.807, 2.05) is 31.3 Å². The number of nitrogens with zero attached hydrogens (tertiary/aromatic N) is 4. The number of aryl methyl sites for hydroxylation is 1. The van der Waals surface area contributed by atoms with Crippen LogP contribution < -0.4 is 0 Å². The van der Waals surface area contributed by atoms with E-state index in [1.165, 1.54) is 17.0 Å². The van der Waals surface area contributed by atoms with Crippen LogP contribution in [0.25, 0.3) is 22.0 Å². The Hall–Kier alpha value is -3.61. The summed E-state index contributed by atoms with van der Waals surface area (Å²) in [7, 11) is 0. The van der Waals surface area contributed by atoms with Crippen LogP contribution in [-0.4, -0.2) is 25.6 Å². The van der Waals surface area contributed by atoms with Gasteiger partial charge in [0, 0.05) is 29.9 Å². The Morgan fingerprint density at radius 3 is 2.57 bits per heavy atom. The van der Waals surface area contributed by atoms with Crippen LogP contribution in [-0.2, 0) is 19.6 Å². The molecule has 1 aliphatic heterocycles. The van der Waals surface area contributed by atoms with Gasteiger partial charge in [0.2, 0.25) is 0 Å². The highest BCUT2D eigenvalue weighted by molar-refractivity contribution is 5.97. The van der Waals surface area contributed by atoms with Gasteiger partial charge in [0.1, 0.15) is 11.6 Å². The van der Waals surface area contributed by atoms with Gasteiger partial charge in [-0.3, -0.25) is 14.5 Å². The standard InChI is InChI=1S/C23H18F2N4O/c1-2-29-12-17-15(5-3-7-21(17)27-29)14-9-19(24)18(20(25)10-14)11-28-13-22-16(23(28)30)6-4-8-26-22/h3-10,12H,2,11,13H2,1H3. The molecule has 0 radical (unpaired) electrons. The summed E-state index contributed by atoms with van der Waals surface area (Å²) in [6.45, 7) is 2.78. The topological polar surface area (TPSA) is 51.0 Å². The van der Waals surface area contributed by atoms with Gasteiger partial charge in [0.25, 0.3) is 5.91 Å². The lowest BCUT2D eigenvalue weighted by molar-refractivity contribution is 0.0763. The molecule has 0 atom stereocenters. The molecule has 2 aromatic heterocycles. The van der Waals surface area contributed by atoms with E-state index in [2.05, 4.69) is 10.1 Å². The summed E-state index contributed by atoms with van der Waals surface area (Å²) < 4.78 is 31.7. The Bertz CT molecular complexity index is 1270. The molecule has 0 saturated heterocycles. The van der Waals surface area contributed by atoms with Crippen molar-refractivity contribution >= 4 is 16.8 Å². The molecule has 30 heavy (non-hydrogen) atoms. The third kappa shape index (κ3) is 2.94. The average Bonchev–Trinajstić information content (AvgIpc) is 3.31. The number of carbonyl (C=O) groups is 1. The third-order valence-electron chi connectivity index (χ3n) is 5.47. The minimum absolute atomic E-state index is 0.128. The van der Waals surface area contributed by atoms with Crippen LogP contribution in [0.15, 0.2) is 54.9 Å². The van der Waals surface area contributed by atoms with Crippen molar-refractivity contribution < 1.29 is 13.6 Å². The molecule has 0 spiro atoms. The van der Waals surface area contributed by atoms with Crippen molar-refractivity contribution in [2.75, 3.05) is 0 Å². The van der Waals surface area contributed by atoms with E-state index >= 15 is 0 Å². The SMILES string of the molecule is CCn1cc2c(-c3cc(F)c(CN4Cc5ncccc5C4=O)c(F)c3)cccc2n1. The quantitative estimate of drug-likeness (QED) is 0.501. The molecular weight excluding hydrogens is 386 g/mol. The van der Waals surface area contributed by atoms with Crippen molar-refractivity contribution in [3.8, 4) is 11.1 Å². The predicted molar refractivity (Wildman–Crippen MR) is 109 cm³/mol. The number of aromatic nitrogens is 3. The Morgan fingerprint density at radius 2 is 1.83 bits per heavy atom. The molecule has 5 rings (SSSR count). The highest BCUT2D eigenvalue weighted by Gasteiger charge is 2.29. The second kappa shape index (κ2) is 7.02. The van der Waals surface area contributed by atoms with Crippen LogP contribution in [0.2, 0.25) is 0 Å². The first kappa shape index (κ1) is 18.4. The van der Waals surface area contributed by atoms with Crippen molar-refractivity contribution in [3.05, 3.63) is 83.3 Å². The lowest BCUT2D eigenvalue weighted by Gasteiger charge is -2.17. The number of pyridine rings is 1. The van der Waals surface area contributed by atoms with Crippen molar-refractivity contribution in [2.45, 2.75) is 26.6 Å². The van der Waals surface area contributed by atoms with Gasteiger partial charge in [0.15, 0.2) is 0 Å². The van der Waals surface area contributed by atoms with Gasteiger partial charge < -0.3 is 4.90 Å². The fourth-order valence-corrected chi connectivity index (χ4v) is 3.92. The largest absolute Gasteiger partial charge is 0.328 e. The first-order valence-corrected chi connectivity index (χ1v) is 9.72. The highest BCUT2D eigenvalue weighted by atomic mass is 19.1. The number of halogens is 2. The molecule has 0 saturated carbocycles. The summed E-state index contributed by atoms with van der Waals surface area (Å²) in [4.78, 5) is 18.1. The van der Waals surface area contributed by atoms with Gasteiger partial charge in [-0.2, -0.15) is 5.10 Å². The summed E-state index contributed by atoms with van der Waals surface area (Å²) in [6, 6.07) is 11.5. The van der Waals surface area contributed by atoms with Crippen molar-refractivity contribution in [3.63, 3.8) is 0 Å². The minimum Gasteiger partial charge on any atom is -0.328 e. The molecular formula is C23H18F2N4O. The number of benzene rings is 2. The van der Waals surface area contributed by atoms with Crippen LogP contribution in [0.5, 0.6) is 0 Å². The fraction of sp³-hybridized carbons (Fsp3) is 0.174. The fourth-order valence-electron chi connectivity index (χ4n) is 3.92. The lowest BCUT2D eigenvalue weighted by atomic mass is 9.99. The number of fused-ring (bicyclic) bond motifs is 2. The highest BCUT2D eigenvalue weighted by Crippen LogP contribution is 2.32. The Morgan fingerprint density at radius 1 is 1.07 bits per heavy atom. The lowest BCUT2D eigenvalue weighted by Crippen LogP contribution is -2.24. The normalized spacial score (nSPS) is 13.3. The predicted octanol–water partition coefficient (Wildman–Crippen LogP) is 4.55. The van der Waals surface area contributed by atoms with Gasteiger partial charge >= 0.3 is 0 Å². The van der Waals surface area contributed by atoms with Gasteiger partial charge in [-0.25, -0.2) is 8.78 Å². The molecule has 3 heterocycles. The van der Waals surface area contributed by atoms with E-state index in [9.17, 15) is 13.6 Å². The molecule has 0 aliphatic carbocycles. The molecule has 1 amide bonds. The first-order valence-electron chi connectivity index (χ1n) is 9.72. The zero-order valence-electron chi connectivity index (χ0n) is 16.3. The molecule has 4 aromatic rings. The van der Waals surface area contributed by atoms with E-state index in [0.717, 1.165) is 10.9 Å². The van der Waals surface area contributed by atoms with Crippen LogP contribution in [0, 0.1) is 11.6 Å². The molecule has 0 bridgehead atoms. The summed E-state index contributed by atoms with van der Waals surface area (Å²) in [5.74, 6) is -1.62. The number of hydrogen-bond donors (Lipinski definition) is 0. The molecule has 0 fully saturated rings. The van der Waals surface area contributed by atoms with Crippen LogP contribution in [0.3, 0.4) is 0 Å². The maximum Gasteiger partial charge on any atom is 0.256 e.